The molecule has 0 atom stereocenters. The lowest BCUT2D eigenvalue weighted by Crippen LogP contribution is -2.36. The number of benzene rings is 1. The lowest BCUT2D eigenvalue weighted by molar-refractivity contribution is 0.143. The van der Waals surface area contributed by atoms with Crippen LogP contribution < -0.4 is 15.4 Å². The number of nitrogens with one attached hydrogen (secondary N) is 2. The highest BCUT2D eigenvalue weighted by atomic mass is 32.2. The molecule has 0 aliphatic rings. The maximum atomic E-state index is 5.47. The highest BCUT2D eigenvalue weighted by Crippen LogP contribution is 2.21. The molecule has 146 valence electrons. The number of nitrogens with zero attached hydrogens (tertiary/aromatic N) is 2. The van der Waals surface area contributed by atoms with E-state index in [-0.39, 0.29) is 0 Å². The first-order valence-electron chi connectivity index (χ1n) is 8.81. The molecule has 6 nitrogen and oxygen atoms in total. The Morgan fingerprint density at radius 3 is 2.63 bits per heavy atom. The van der Waals surface area contributed by atoms with Crippen LogP contribution in [0.25, 0.3) is 0 Å². The molecule has 27 heavy (non-hydrogen) atoms. The third-order valence-corrected chi connectivity index (χ3v) is 4.73. The zero-order valence-electron chi connectivity index (χ0n) is 16.4. The van der Waals surface area contributed by atoms with Gasteiger partial charge in [-0.05, 0) is 35.9 Å². The first-order chi connectivity index (χ1) is 13.2. The number of aryl methyl sites for hydroxylation is 1. The van der Waals surface area contributed by atoms with Gasteiger partial charge in [-0.25, -0.2) is 4.98 Å². The SMILES string of the molecule is CN=C(NCc1ccc(OCCOC)nc1)NCc1ccc(C)cc1SC. The number of hydrogen-bond acceptors (Lipinski definition) is 5. The quantitative estimate of drug-likeness (QED) is 0.298. The Labute approximate surface area is 165 Å². The van der Waals surface area contributed by atoms with Crippen molar-refractivity contribution in [2.45, 2.75) is 24.9 Å². The minimum atomic E-state index is 0.495. The summed E-state index contributed by atoms with van der Waals surface area (Å²) in [5.74, 6) is 1.35. The van der Waals surface area contributed by atoms with Crippen molar-refractivity contribution in [3.8, 4) is 5.88 Å². The van der Waals surface area contributed by atoms with Crippen molar-refractivity contribution >= 4 is 17.7 Å². The smallest absolute Gasteiger partial charge is 0.213 e. The van der Waals surface area contributed by atoms with Crippen LogP contribution in [0.1, 0.15) is 16.7 Å². The highest BCUT2D eigenvalue weighted by Gasteiger charge is 2.04. The first kappa shape index (κ1) is 21.1. The van der Waals surface area contributed by atoms with Crippen molar-refractivity contribution in [1.82, 2.24) is 15.6 Å². The average molecular weight is 389 g/mol. The Bertz CT molecular complexity index is 735. The molecule has 1 heterocycles. The number of thioether (sulfide) groups is 1. The van der Waals surface area contributed by atoms with E-state index >= 15 is 0 Å². The zero-order chi connectivity index (χ0) is 19.5. The van der Waals surface area contributed by atoms with E-state index in [0.29, 0.717) is 25.6 Å². The lowest BCUT2D eigenvalue weighted by atomic mass is 10.1. The van der Waals surface area contributed by atoms with Crippen molar-refractivity contribution < 1.29 is 9.47 Å². The maximum Gasteiger partial charge on any atom is 0.213 e. The van der Waals surface area contributed by atoms with Crippen molar-refractivity contribution in [1.29, 1.82) is 0 Å². The second-order valence-corrected chi connectivity index (χ2v) is 6.79. The molecule has 0 fully saturated rings. The van der Waals surface area contributed by atoms with E-state index in [4.69, 9.17) is 9.47 Å². The molecule has 0 amide bonds. The number of guanidine groups is 1. The van der Waals surface area contributed by atoms with Gasteiger partial charge in [0.15, 0.2) is 5.96 Å². The van der Waals surface area contributed by atoms with Gasteiger partial charge in [-0.3, -0.25) is 4.99 Å². The molecule has 7 heteroatoms. The third kappa shape index (κ3) is 7.11. The number of pyridine rings is 1. The van der Waals surface area contributed by atoms with Crippen molar-refractivity contribution in [2.24, 2.45) is 4.99 Å². The summed E-state index contributed by atoms with van der Waals surface area (Å²) in [4.78, 5) is 9.87. The van der Waals surface area contributed by atoms with E-state index in [2.05, 4.69) is 52.0 Å². The first-order valence-corrected chi connectivity index (χ1v) is 10.0. The molecule has 2 rings (SSSR count). The molecule has 0 aliphatic carbocycles. The van der Waals surface area contributed by atoms with Gasteiger partial charge in [0.05, 0.1) is 6.61 Å². The van der Waals surface area contributed by atoms with Crippen molar-refractivity contribution in [2.75, 3.05) is 33.6 Å². The predicted octanol–water partition coefficient (Wildman–Crippen LogP) is 3.00. The van der Waals surface area contributed by atoms with Crippen molar-refractivity contribution in [3.05, 3.63) is 53.2 Å². The largest absolute Gasteiger partial charge is 0.475 e. The van der Waals surface area contributed by atoms with Gasteiger partial charge in [-0.15, -0.1) is 11.8 Å². The summed E-state index contributed by atoms with van der Waals surface area (Å²) in [5, 5.41) is 6.67. The average Bonchev–Trinajstić information content (AvgIpc) is 2.70. The number of methoxy groups -OCH3 is 1. The monoisotopic (exact) mass is 388 g/mol. The molecule has 0 spiro atoms. The van der Waals surface area contributed by atoms with E-state index in [1.165, 1.54) is 16.0 Å². The molecule has 2 aromatic rings. The summed E-state index contributed by atoms with van der Waals surface area (Å²) in [5.41, 5.74) is 3.58. The minimum absolute atomic E-state index is 0.495. The Kier molecular flexibility index (Phi) is 8.94. The Morgan fingerprint density at radius 2 is 1.96 bits per heavy atom. The molecule has 1 aromatic heterocycles. The summed E-state index contributed by atoms with van der Waals surface area (Å²) in [6.45, 7) is 4.51. The molecular formula is C20H28N4O2S. The van der Waals surface area contributed by atoms with E-state index in [0.717, 1.165) is 18.1 Å². The molecule has 0 unspecified atom stereocenters. The number of aromatic nitrogens is 1. The predicted molar refractivity (Wildman–Crippen MR) is 112 cm³/mol. The van der Waals surface area contributed by atoms with E-state index in [1.807, 2.05) is 12.1 Å². The molecule has 0 saturated carbocycles. The summed E-state index contributed by atoms with van der Waals surface area (Å²) < 4.78 is 10.4. The topological polar surface area (TPSA) is 67.8 Å². The number of ether oxygens (including phenoxy) is 2. The van der Waals surface area contributed by atoms with Crippen LogP contribution in [-0.2, 0) is 17.8 Å². The van der Waals surface area contributed by atoms with Gasteiger partial charge in [-0.2, -0.15) is 0 Å². The maximum absolute atomic E-state index is 5.47. The zero-order valence-corrected chi connectivity index (χ0v) is 17.2. The second kappa shape index (κ2) is 11.5. The van der Waals surface area contributed by atoms with E-state index in [1.54, 1.807) is 32.1 Å². The fraction of sp³-hybridized carbons (Fsp3) is 0.400. The fourth-order valence-electron chi connectivity index (χ4n) is 2.41. The normalized spacial score (nSPS) is 11.3. The lowest BCUT2D eigenvalue weighted by Gasteiger charge is -2.14. The molecule has 0 saturated heterocycles. The van der Waals surface area contributed by atoms with Gasteiger partial charge in [0.2, 0.25) is 5.88 Å². The van der Waals surface area contributed by atoms with Crippen LogP contribution in [0.4, 0.5) is 0 Å². The van der Waals surface area contributed by atoms with Crippen LogP contribution in [0.5, 0.6) is 5.88 Å². The third-order valence-electron chi connectivity index (χ3n) is 3.91. The summed E-state index contributed by atoms with van der Waals surface area (Å²) in [6.07, 6.45) is 3.90. The number of aliphatic imine (C=N–C) groups is 1. The van der Waals surface area contributed by atoms with Gasteiger partial charge in [0.1, 0.15) is 6.61 Å². The molecule has 1 aromatic carbocycles. The molecule has 0 radical (unpaired) electrons. The van der Waals surface area contributed by atoms with Crippen LogP contribution in [0.15, 0.2) is 46.4 Å². The van der Waals surface area contributed by atoms with Crippen LogP contribution in [-0.4, -0.2) is 44.6 Å². The van der Waals surface area contributed by atoms with Gasteiger partial charge in [0.25, 0.3) is 0 Å². The Morgan fingerprint density at radius 1 is 1.15 bits per heavy atom. The van der Waals surface area contributed by atoms with Crippen LogP contribution >= 0.6 is 11.8 Å². The highest BCUT2D eigenvalue weighted by molar-refractivity contribution is 7.98. The van der Waals surface area contributed by atoms with Gasteiger partial charge in [-0.1, -0.05) is 18.2 Å². The van der Waals surface area contributed by atoms with Crippen LogP contribution in [0.3, 0.4) is 0 Å². The fourth-order valence-corrected chi connectivity index (χ4v) is 3.12. The van der Waals surface area contributed by atoms with Crippen LogP contribution in [0.2, 0.25) is 0 Å². The Hall–Kier alpha value is -2.25. The van der Waals surface area contributed by atoms with Gasteiger partial charge >= 0.3 is 0 Å². The minimum Gasteiger partial charge on any atom is -0.475 e. The van der Waals surface area contributed by atoms with Gasteiger partial charge < -0.3 is 20.1 Å². The number of hydrogen-bond donors (Lipinski definition) is 2. The molecule has 2 N–H and O–H groups in total. The van der Waals surface area contributed by atoms with Crippen LogP contribution in [0, 0.1) is 6.92 Å². The van der Waals surface area contributed by atoms with E-state index < -0.39 is 0 Å². The summed E-state index contributed by atoms with van der Waals surface area (Å²) >= 11 is 1.76. The second-order valence-electron chi connectivity index (χ2n) is 5.94. The van der Waals surface area contributed by atoms with E-state index in [9.17, 15) is 0 Å². The van der Waals surface area contributed by atoms with Crippen molar-refractivity contribution in [3.63, 3.8) is 0 Å². The number of rotatable bonds is 9. The Balaban J connectivity index is 1.83. The molecule has 0 aliphatic heterocycles. The molecular weight excluding hydrogens is 360 g/mol. The standard InChI is InChI=1S/C20H28N4O2S/c1-15-5-7-17(18(11-15)27-4)14-24-20(21-2)23-13-16-6-8-19(22-12-16)26-10-9-25-3/h5-8,11-12H,9-10,13-14H2,1-4H3,(H2,21,23,24). The molecule has 0 bridgehead atoms. The summed E-state index contributed by atoms with van der Waals surface area (Å²) in [7, 11) is 3.41. The summed E-state index contributed by atoms with van der Waals surface area (Å²) in [6, 6.07) is 10.4. The van der Waals surface area contributed by atoms with Gasteiger partial charge in [0, 0.05) is 44.4 Å².